The zero-order valence-corrected chi connectivity index (χ0v) is 7.23. The molecule has 0 bridgehead atoms. The maximum atomic E-state index is 9.79. The minimum absolute atomic E-state index is 0.344. The van der Waals surface area contributed by atoms with Crippen molar-refractivity contribution in [3.63, 3.8) is 0 Å². The average Bonchev–Trinajstić information content (AvgIpc) is 2.79. The maximum absolute atomic E-state index is 9.79. The normalized spacial score (nSPS) is 22.2. The molecule has 1 aliphatic carbocycles. The second kappa shape index (κ2) is 2.94. The summed E-state index contributed by atoms with van der Waals surface area (Å²) in [6.07, 6.45) is 3.73. The van der Waals surface area contributed by atoms with Crippen molar-refractivity contribution in [1.82, 2.24) is 0 Å². The molecule has 66 valence electrons. The van der Waals surface area contributed by atoms with Crippen molar-refractivity contribution in [2.75, 3.05) is 0 Å². The number of rotatable bonds is 3. The zero-order valence-electron chi connectivity index (χ0n) is 7.23. The predicted molar refractivity (Wildman–Crippen MR) is 45.6 cm³/mol. The van der Waals surface area contributed by atoms with Crippen LogP contribution in [0.3, 0.4) is 0 Å². The lowest BCUT2D eigenvalue weighted by atomic mass is 9.98. The van der Waals surface area contributed by atoms with Crippen LogP contribution in [0.4, 0.5) is 0 Å². The molecular weight excluding hydrogens is 152 g/mol. The molecule has 0 spiro atoms. The van der Waals surface area contributed by atoms with E-state index in [0.29, 0.717) is 17.6 Å². The van der Waals surface area contributed by atoms with Crippen molar-refractivity contribution < 1.29 is 9.52 Å². The maximum Gasteiger partial charge on any atom is 0.132 e. The van der Waals surface area contributed by atoms with Gasteiger partial charge in [0.05, 0.1) is 6.26 Å². The van der Waals surface area contributed by atoms with Crippen LogP contribution in [0.15, 0.2) is 22.8 Å². The smallest absolute Gasteiger partial charge is 0.132 e. The molecule has 0 radical (unpaired) electrons. The van der Waals surface area contributed by atoms with Gasteiger partial charge in [0.1, 0.15) is 11.9 Å². The van der Waals surface area contributed by atoms with E-state index in [-0.39, 0.29) is 0 Å². The lowest BCUT2D eigenvalue weighted by molar-refractivity contribution is 0.0836. The van der Waals surface area contributed by atoms with E-state index in [1.807, 2.05) is 12.1 Å². The number of hydrogen-bond donors (Lipinski definition) is 1. The molecule has 1 aliphatic rings. The second-order valence-corrected chi connectivity index (χ2v) is 3.66. The summed E-state index contributed by atoms with van der Waals surface area (Å²) < 4.78 is 5.14. The van der Waals surface area contributed by atoms with Crippen molar-refractivity contribution in [1.29, 1.82) is 0 Å². The van der Waals surface area contributed by atoms with Gasteiger partial charge in [0.25, 0.3) is 0 Å². The van der Waals surface area contributed by atoms with E-state index < -0.39 is 6.10 Å². The minimum Gasteiger partial charge on any atom is -0.467 e. The Kier molecular flexibility index (Phi) is 1.93. The average molecular weight is 166 g/mol. The molecule has 1 aromatic rings. The molecule has 0 aliphatic heterocycles. The van der Waals surface area contributed by atoms with E-state index in [0.717, 1.165) is 0 Å². The van der Waals surface area contributed by atoms with Gasteiger partial charge < -0.3 is 9.52 Å². The molecular formula is C10H14O2. The molecule has 1 aromatic heterocycles. The number of aliphatic hydroxyl groups is 1. The number of hydrogen-bond acceptors (Lipinski definition) is 2. The first-order valence-corrected chi connectivity index (χ1v) is 4.50. The van der Waals surface area contributed by atoms with Crippen LogP contribution in [0.1, 0.15) is 31.6 Å². The van der Waals surface area contributed by atoms with E-state index in [4.69, 9.17) is 4.42 Å². The van der Waals surface area contributed by atoms with Gasteiger partial charge in [-0.1, -0.05) is 6.92 Å². The Hall–Kier alpha value is -0.760. The molecule has 2 atom stereocenters. The molecule has 1 heterocycles. The van der Waals surface area contributed by atoms with Gasteiger partial charge in [0, 0.05) is 0 Å². The van der Waals surface area contributed by atoms with Crippen LogP contribution in [-0.4, -0.2) is 5.11 Å². The number of furan rings is 1. The number of aliphatic hydroxyl groups excluding tert-OH is 1. The van der Waals surface area contributed by atoms with E-state index in [1.54, 1.807) is 6.26 Å². The van der Waals surface area contributed by atoms with Gasteiger partial charge in [-0.3, -0.25) is 0 Å². The Balaban J connectivity index is 2.03. The van der Waals surface area contributed by atoms with Crippen molar-refractivity contribution in [2.24, 2.45) is 11.8 Å². The first-order valence-electron chi connectivity index (χ1n) is 4.50. The molecule has 2 nitrogen and oxygen atoms in total. The topological polar surface area (TPSA) is 33.4 Å². The van der Waals surface area contributed by atoms with Crippen LogP contribution >= 0.6 is 0 Å². The van der Waals surface area contributed by atoms with Crippen LogP contribution in [0.5, 0.6) is 0 Å². The highest BCUT2D eigenvalue weighted by molar-refractivity contribution is 5.04. The largest absolute Gasteiger partial charge is 0.467 e. The molecule has 2 rings (SSSR count). The molecule has 0 amide bonds. The van der Waals surface area contributed by atoms with Crippen molar-refractivity contribution >= 4 is 0 Å². The van der Waals surface area contributed by atoms with Gasteiger partial charge in [0.15, 0.2) is 0 Å². The standard InChI is InChI=1S/C10H14O2/c1-7(8-4-5-8)10(11)9-3-2-6-12-9/h2-3,6-8,10-11H,4-5H2,1H3. The molecule has 1 N–H and O–H groups in total. The van der Waals surface area contributed by atoms with E-state index >= 15 is 0 Å². The van der Waals surface area contributed by atoms with Gasteiger partial charge in [0.2, 0.25) is 0 Å². The molecule has 0 saturated heterocycles. The van der Waals surface area contributed by atoms with Gasteiger partial charge in [-0.2, -0.15) is 0 Å². The van der Waals surface area contributed by atoms with Crippen LogP contribution in [-0.2, 0) is 0 Å². The molecule has 2 unspecified atom stereocenters. The monoisotopic (exact) mass is 166 g/mol. The summed E-state index contributed by atoms with van der Waals surface area (Å²) in [5.41, 5.74) is 0. The lowest BCUT2D eigenvalue weighted by Gasteiger charge is -2.15. The first-order chi connectivity index (χ1) is 5.79. The summed E-state index contributed by atoms with van der Waals surface area (Å²) in [5, 5.41) is 9.79. The Morgan fingerprint density at radius 3 is 2.83 bits per heavy atom. The van der Waals surface area contributed by atoms with E-state index in [2.05, 4.69) is 6.92 Å². The van der Waals surface area contributed by atoms with Gasteiger partial charge in [-0.05, 0) is 36.8 Å². The summed E-state index contributed by atoms with van der Waals surface area (Å²) >= 11 is 0. The van der Waals surface area contributed by atoms with Crippen LogP contribution in [0.25, 0.3) is 0 Å². The lowest BCUT2D eigenvalue weighted by Crippen LogP contribution is -2.09. The summed E-state index contributed by atoms with van der Waals surface area (Å²) in [5.74, 6) is 1.76. The Labute approximate surface area is 72.2 Å². The highest BCUT2D eigenvalue weighted by Gasteiger charge is 2.34. The molecule has 0 aromatic carbocycles. The van der Waals surface area contributed by atoms with Crippen LogP contribution < -0.4 is 0 Å². The fourth-order valence-electron chi connectivity index (χ4n) is 1.60. The highest BCUT2D eigenvalue weighted by atomic mass is 16.4. The Morgan fingerprint density at radius 1 is 1.58 bits per heavy atom. The SMILES string of the molecule is CC(C1CC1)C(O)c1ccco1. The third-order valence-electron chi connectivity index (χ3n) is 2.70. The third-order valence-corrected chi connectivity index (χ3v) is 2.70. The van der Waals surface area contributed by atoms with Crippen molar-refractivity contribution in [3.05, 3.63) is 24.2 Å². The predicted octanol–water partition coefficient (Wildman–Crippen LogP) is 2.36. The van der Waals surface area contributed by atoms with Crippen LogP contribution in [0.2, 0.25) is 0 Å². The van der Waals surface area contributed by atoms with E-state index in [9.17, 15) is 5.11 Å². The third kappa shape index (κ3) is 1.39. The van der Waals surface area contributed by atoms with Crippen LogP contribution in [0, 0.1) is 11.8 Å². The van der Waals surface area contributed by atoms with Gasteiger partial charge in [-0.15, -0.1) is 0 Å². The fourth-order valence-corrected chi connectivity index (χ4v) is 1.60. The molecule has 1 fully saturated rings. The van der Waals surface area contributed by atoms with Gasteiger partial charge in [-0.25, -0.2) is 0 Å². The Morgan fingerprint density at radius 2 is 2.33 bits per heavy atom. The summed E-state index contributed by atoms with van der Waals surface area (Å²) in [6.45, 7) is 2.09. The second-order valence-electron chi connectivity index (χ2n) is 3.66. The molecule has 12 heavy (non-hydrogen) atoms. The summed E-state index contributed by atoms with van der Waals surface area (Å²) in [7, 11) is 0. The van der Waals surface area contributed by atoms with Gasteiger partial charge >= 0.3 is 0 Å². The summed E-state index contributed by atoms with van der Waals surface area (Å²) in [6, 6.07) is 3.65. The summed E-state index contributed by atoms with van der Waals surface area (Å²) in [4.78, 5) is 0. The Bertz CT molecular complexity index is 236. The first kappa shape index (κ1) is 7.87. The fraction of sp³-hybridized carbons (Fsp3) is 0.600. The molecule has 2 heteroatoms. The van der Waals surface area contributed by atoms with Crippen molar-refractivity contribution in [2.45, 2.75) is 25.9 Å². The minimum atomic E-state index is -0.410. The highest BCUT2D eigenvalue weighted by Crippen LogP contribution is 2.42. The van der Waals surface area contributed by atoms with E-state index in [1.165, 1.54) is 12.8 Å². The zero-order chi connectivity index (χ0) is 8.55. The molecule has 1 saturated carbocycles. The van der Waals surface area contributed by atoms with Crippen molar-refractivity contribution in [3.8, 4) is 0 Å². The quantitative estimate of drug-likeness (QED) is 0.747.